The first-order valence-electron chi connectivity index (χ1n) is 21.1. The molecule has 0 aliphatic rings. The Hall–Kier alpha value is -2.07. The summed E-state index contributed by atoms with van der Waals surface area (Å²) in [7, 11) is -4.63. The van der Waals surface area contributed by atoms with Crippen LogP contribution in [0.3, 0.4) is 0 Å². The molecular formula is C43H77O10P. The lowest BCUT2D eigenvalue weighted by Crippen LogP contribution is -2.29. The van der Waals surface area contributed by atoms with Crippen LogP contribution < -0.4 is 0 Å². The molecule has 0 bridgehead atoms. The van der Waals surface area contributed by atoms with Crippen LogP contribution in [0.25, 0.3) is 0 Å². The first-order chi connectivity index (χ1) is 26.2. The number of aliphatic hydroxyl groups excluding tert-OH is 2. The number of ether oxygens (including phenoxy) is 2. The number of carbonyl (C=O) groups is 2. The van der Waals surface area contributed by atoms with Crippen molar-refractivity contribution in [1.29, 1.82) is 0 Å². The lowest BCUT2D eigenvalue weighted by atomic mass is 10.0. The van der Waals surface area contributed by atoms with Crippen LogP contribution >= 0.6 is 7.82 Å². The standard InChI is InChI=1S/C43H77O10P/c1-3-5-7-9-11-13-15-17-18-19-20-21-23-24-26-28-30-32-34-42(46)50-38-41(39-52-54(48,49)51-37-40(45)36-44)53-43(47)35-33-31-29-27-25-22-16-14-12-10-8-6-4-2/h6,8,12,14,22,25,29,31,40-41,44-45H,3-5,7,9-11,13,15-21,23-24,26-28,30,32-39H2,1-2H3,(H,48,49)/b8-6-,14-12-,25-22-,31-29-. The summed E-state index contributed by atoms with van der Waals surface area (Å²) in [6.45, 7) is 2.18. The van der Waals surface area contributed by atoms with Gasteiger partial charge in [-0.2, -0.15) is 0 Å². The molecule has 0 amide bonds. The van der Waals surface area contributed by atoms with Gasteiger partial charge in [-0.25, -0.2) is 4.57 Å². The van der Waals surface area contributed by atoms with Crippen molar-refractivity contribution >= 4 is 19.8 Å². The molecule has 0 radical (unpaired) electrons. The van der Waals surface area contributed by atoms with Crippen molar-refractivity contribution < 1.29 is 47.8 Å². The number of allylic oxidation sites excluding steroid dienone is 8. The molecule has 10 nitrogen and oxygen atoms in total. The molecule has 0 aliphatic carbocycles. The molecule has 0 aromatic carbocycles. The smallest absolute Gasteiger partial charge is 0.462 e. The Labute approximate surface area is 328 Å². The van der Waals surface area contributed by atoms with E-state index in [1.165, 1.54) is 89.9 Å². The number of phosphoric ester groups is 1. The van der Waals surface area contributed by atoms with Gasteiger partial charge in [0.15, 0.2) is 6.10 Å². The second kappa shape index (κ2) is 39.2. The highest BCUT2D eigenvalue weighted by molar-refractivity contribution is 7.47. The quantitative estimate of drug-likeness (QED) is 0.0238. The zero-order chi connectivity index (χ0) is 39.8. The predicted molar refractivity (Wildman–Crippen MR) is 219 cm³/mol. The second-order valence-corrected chi connectivity index (χ2v) is 15.4. The van der Waals surface area contributed by atoms with E-state index in [0.717, 1.165) is 44.9 Å². The Kier molecular flexibility index (Phi) is 37.7. The molecule has 0 aliphatic heterocycles. The fourth-order valence-corrected chi connectivity index (χ4v) is 6.33. The Morgan fingerprint density at radius 3 is 1.50 bits per heavy atom. The van der Waals surface area contributed by atoms with Crippen molar-refractivity contribution in [1.82, 2.24) is 0 Å². The molecule has 0 saturated carbocycles. The molecule has 11 heteroatoms. The molecule has 0 saturated heterocycles. The van der Waals surface area contributed by atoms with Crippen molar-refractivity contribution in [3.8, 4) is 0 Å². The van der Waals surface area contributed by atoms with E-state index in [4.69, 9.17) is 19.1 Å². The third-order valence-electron chi connectivity index (χ3n) is 8.76. The van der Waals surface area contributed by atoms with Crippen LogP contribution in [-0.2, 0) is 32.7 Å². The summed E-state index contributed by atoms with van der Waals surface area (Å²) in [5.41, 5.74) is 0. The van der Waals surface area contributed by atoms with Gasteiger partial charge >= 0.3 is 19.8 Å². The first kappa shape index (κ1) is 51.9. The number of hydrogen-bond donors (Lipinski definition) is 3. The average Bonchev–Trinajstić information content (AvgIpc) is 3.16. The van der Waals surface area contributed by atoms with Gasteiger partial charge in [-0.1, -0.05) is 172 Å². The van der Waals surface area contributed by atoms with Gasteiger partial charge in [0.2, 0.25) is 0 Å². The van der Waals surface area contributed by atoms with Crippen LogP contribution in [0.5, 0.6) is 0 Å². The third kappa shape index (κ3) is 38.2. The highest BCUT2D eigenvalue weighted by Gasteiger charge is 2.27. The third-order valence-corrected chi connectivity index (χ3v) is 9.71. The summed E-state index contributed by atoms with van der Waals surface area (Å²) in [6.07, 6.45) is 41.0. The van der Waals surface area contributed by atoms with Gasteiger partial charge in [0, 0.05) is 12.8 Å². The Morgan fingerprint density at radius 2 is 1.02 bits per heavy atom. The minimum Gasteiger partial charge on any atom is -0.462 e. The minimum absolute atomic E-state index is 0.0635. The minimum atomic E-state index is -4.63. The summed E-state index contributed by atoms with van der Waals surface area (Å²) >= 11 is 0. The fraction of sp³-hybridized carbons (Fsp3) is 0.767. The van der Waals surface area contributed by atoms with E-state index >= 15 is 0 Å². The van der Waals surface area contributed by atoms with E-state index in [9.17, 15) is 24.2 Å². The van der Waals surface area contributed by atoms with E-state index < -0.39 is 51.8 Å². The van der Waals surface area contributed by atoms with Crippen molar-refractivity contribution in [2.75, 3.05) is 26.4 Å². The molecule has 0 rings (SSSR count). The van der Waals surface area contributed by atoms with Crippen LogP contribution in [-0.4, -0.2) is 65.7 Å². The molecule has 3 N–H and O–H groups in total. The summed E-state index contributed by atoms with van der Waals surface area (Å²) in [5, 5.41) is 18.3. The molecule has 3 atom stereocenters. The number of aliphatic hydroxyl groups is 2. The van der Waals surface area contributed by atoms with Crippen molar-refractivity contribution in [3.05, 3.63) is 48.6 Å². The van der Waals surface area contributed by atoms with Crippen molar-refractivity contribution in [2.45, 2.75) is 187 Å². The maximum atomic E-state index is 12.5. The monoisotopic (exact) mass is 785 g/mol. The van der Waals surface area contributed by atoms with Crippen molar-refractivity contribution in [2.24, 2.45) is 0 Å². The van der Waals surface area contributed by atoms with E-state index in [-0.39, 0.29) is 19.4 Å². The number of carbonyl (C=O) groups excluding carboxylic acids is 2. The lowest BCUT2D eigenvalue weighted by molar-refractivity contribution is -0.161. The zero-order valence-electron chi connectivity index (χ0n) is 33.9. The topological polar surface area (TPSA) is 149 Å². The number of esters is 2. The van der Waals surface area contributed by atoms with E-state index in [0.29, 0.717) is 12.8 Å². The van der Waals surface area contributed by atoms with Gasteiger partial charge in [-0.3, -0.25) is 18.6 Å². The van der Waals surface area contributed by atoms with E-state index in [2.05, 4.69) is 54.8 Å². The van der Waals surface area contributed by atoms with Crippen molar-refractivity contribution in [3.63, 3.8) is 0 Å². The van der Waals surface area contributed by atoms with E-state index in [1.807, 2.05) is 12.2 Å². The molecule has 0 aromatic heterocycles. The summed E-state index contributed by atoms with van der Waals surface area (Å²) in [5.74, 6) is -1.02. The Bertz CT molecular complexity index is 1040. The normalized spacial score (nSPS) is 14.4. The van der Waals surface area contributed by atoms with Gasteiger partial charge in [0.25, 0.3) is 0 Å². The Balaban J connectivity index is 4.33. The molecule has 0 fully saturated rings. The van der Waals surface area contributed by atoms with Crippen LogP contribution in [0.1, 0.15) is 174 Å². The molecular weight excluding hydrogens is 707 g/mol. The fourth-order valence-electron chi connectivity index (χ4n) is 5.54. The largest absolute Gasteiger partial charge is 0.472 e. The molecule has 314 valence electrons. The summed E-state index contributed by atoms with van der Waals surface area (Å²) in [6, 6.07) is 0. The van der Waals surface area contributed by atoms with Gasteiger partial charge in [-0.05, 0) is 38.5 Å². The molecule has 3 unspecified atom stereocenters. The SMILES string of the molecule is CC/C=C\C/C=C\C/C=C\C/C=C\CCC(=O)OC(COC(=O)CCCCCCCCCCCCCCCCCCCC)COP(=O)(O)OCC(O)CO. The average molecular weight is 785 g/mol. The predicted octanol–water partition coefficient (Wildman–Crippen LogP) is 10.9. The van der Waals surface area contributed by atoms with Crippen LogP contribution in [0.2, 0.25) is 0 Å². The van der Waals surface area contributed by atoms with Crippen LogP contribution in [0.15, 0.2) is 48.6 Å². The summed E-state index contributed by atoms with van der Waals surface area (Å²) < 4.78 is 32.6. The molecule has 0 heterocycles. The lowest BCUT2D eigenvalue weighted by Gasteiger charge is -2.20. The number of phosphoric acid groups is 1. The van der Waals surface area contributed by atoms with E-state index in [1.54, 1.807) is 0 Å². The molecule has 54 heavy (non-hydrogen) atoms. The number of hydrogen-bond acceptors (Lipinski definition) is 9. The molecule has 0 spiro atoms. The zero-order valence-corrected chi connectivity index (χ0v) is 34.8. The van der Waals surface area contributed by atoms with Gasteiger partial charge in [0.05, 0.1) is 19.8 Å². The second-order valence-electron chi connectivity index (χ2n) is 14.0. The van der Waals surface area contributed by atoms with Gasteiger partial charge in [-0.15, -0.1) is 0 Å². The summed E-state index contributed by atoms with van der Waals surface area (Å²) in [4.78, 5) is 34.9. The van der Waals surface area contributed by atoms with Crippen LogP contribution in [0.4, 0.5) is 0 Å². The highest BCUT2D eigenvalue weighted by Crippen LogP contribution is 2.43. The Morgan fingerprint density at radius 1 is 0.574 bits per heavy atom. The first-order valence-corrected chi connectivity index (χ1v) is 22.6. The van der Waals surface area contributed by atoms with Gasteiger partial charge < -0.3 is 24.6 Å². The number of unbranched alkanes of at least 4 members (excludes halogenated alkanes) is 17. The maximum absolute atomic E-state index is 12.5. The maximum Gasteiger partial charge on any atom is 0.472 e. The molecule has 0 aromatic rings. The van der Waals surface area contributed by atoms with Gasteiger partial charge in [0.1, 0.15) is 12.7 Å². The highest BCUT2D eigenvalue weighted by atomic mass is 31.2. The van der Waals surface area contributed by atoms with Crippen LogP contribution in [0, 0.1) is 0 Å². The number of rotatable bonds is 39.